The minimum atomic E-state index is -1.10. The first-order valence-corrected chi connectivity index (χ1v) is 8.47. The van der Waals surface area contributed by atoms with Crippen LogP contribution in [0.25, 0.3) is 0 Å². The third-order valence-corrected chi connectivity index (χ3v) is 5.55. The Morgan fingerprint density at radius 3 is 2.52 bits per heavy atom. The fraction of sp³-hybridized carbons (Fsp3) is 0.667. The van der Waals surface area contributed by atoms with Crippen molar-refractivity contribution < 1.29 is 14.7 Å². The van der Waals surface area contributed by atoms with E-state index in [2.05, 4.69) is 10.3 Å². The van der Waals surface area contributed by atoms with E-state index in [0.29, 0.717) is 18.0 Å². The van der Waals surface area contributed by atoms with E-state index in [9.17, 15) is 14.7 Å². The van der Waals surface area contributed by atoms with Crippen LogP contribution in [0, 0.1) is 11.8 Å². The highest BCUT2D eigenvalue weighted by Crippen LogP contribution is 2.33. The SMILES string of the molecule is O=C([O-])[C@H]1CCCC[C@H]1C(=O)Nc1nc2c(s1)CCCC2. The summed E-state index contributed by atoms with van der Waals surface area (Å²) in [7, 11) is 0. The number of carboxylic acid groups (broad SMARTS) is 1. The van der Waals surface area contributed by atoms with Crippen LogP contribution in [0.2, 0.25) is 0 Å². The normalized spacial score (nSPS) is 25.1. The van der Waals surface area contributed by atoms with Gasteiger partial charge in [-0.15, -0.1) is 11.3 Å². The van der Waals surface area contributed by atoms with Gasteiger partial charge in [-0.3, -0.25) is 4.79 Å². The van der Waals surface area contributed by atoms with Gasteiger partial charge in [-0.05, 0) is 38.5 Å². The number of aryl methyl sites for hydroxylation is 2. The summed E-state index contributed by atoms with van der Waals surface area (Å²) >= 11 is 1.53. The highest BCUT2D eigenvalue weighted by molar-refractivity contribution is 7.15. The molecule has 1 aromatic rings. The summed E-state index contributed by atoms with van der Waals surface area (Å²) < 4.78 is 0. The molecule has 1 saturated carbocycles. The second-order valence-corrected chi connectivity index (χ2v) is 6.99. The molecule has 0 spiro atoms. The Morgan fingerprint density at radius 1 is 1.10 bits per heavy atom. The Kier molecular flexibility index (Phi) is 4.24. The first kappa shape index (κ1) is 14.5. The average molecular weight is 307 g/mol. The molecule has 1 N–H and O–H groups in total. The molecule has 0 bridgehead atoms. The van der Waals surface area contributed by atoms with Gasteiger partial charge in [0.1, 0.15) is 0 Å². The van der Waals surface area contributed by atoms with Crippen molar-refractivity contribution >= 4 is 28.3 Å². The van der Waals surface area contributed by atoms with Gasteiger partial charge in [0.15, 0.2) is 5.13 Å². The zero-order valence-corrected chi connectivity index (χ0v) is 12.7. The summed E-state index contributed by atoms with van der Waals surface area (Å²) in [6, 6.07) is 0. The number of anilines is 1. The van der Waals surface area contributed by atoms with Gasteiger partial charge >= 0.3 is 0 Å². The molecule has 0 radical (unpaired) electrons. The van der Waals surface area contributed by atoms with Crippen molar-refractivity contribution in [2.45, 2.75) is 51.4 Å². The van der Waals surface area contributed by atoms with E-state index in [1.54, 1.807) is 0 Å². The van der Waals surface area contributed by atoms with E-state index in [1.165, 1.54) is 22.6 Å². The van der Waals surface area contributed by atoms with Gasteiger partial charge in [-0.25, -0.2) is 4.98 Å². The van der Waals surface area contributed by atoms with Crippen LogP contribution in [0.5, 0.6) is 0 Å². The summed E-state index contributed by atoms with van der Waals surface area (Å²) in [6.07, 6.45) is 7.26. The number of aromatic nitrogens is 1. The van der Waals surface area contributed by atoms with E-state index < -0.39 is 17.8 Å². The van der Waals surface area contributed by atoms with Gasteiger partial charge in [-0.1, -0.05) is 12.8 Å². The minimum Gasteiger partial charge on any atom is -0.550 e. The van der Waals surface area contributed by atoms with Crippen molar-refractivity contribution in [2.24, 2.45) is 11.8 Å². The number of hydrogen-bond acceptors (Lipinski definition) is 5. The zero-order valence-electron chi connectivity index (χ0n) is 11.9. The van der Waals surface area contributed by atoms with Gasteiger partial charge in [0, 0.05) is 22.7 Å². The van der Waals surface area contributed by atoms with Gasteiger partial charge in [0.2, 0.25) is 5.91 Å². The summed E-state index contributed by atoms with van der Waals surface area (Å²) in [5.74, 6) is -2.46. The fourth-order valence-corrected chi connectivity index (χ4v) is 4.38. The number of nitrogens with one attached hydrogen (secondary N) is 1. The maximum atomic E-state index is 12.4. The summed E-state index contributed by atoms with van der Waals surface area (Å²) in [5, 5.41) is 14.6. The molecule has 1 heterocycles. The molecule has 0 unspecified atom stereocenters. The van der Waals surface area contributed by atoms with Crippen LogP contribution < -0.4 is 10.4 Å². The van der Waals surface area contributed by atoms with E-state index in [0.717, 1.165) is 37.8 Å². The number of fused-ring (bicyclic) bond motifs is 1. The van der Waals surface area contributed by atoms with E-state index in [-0.39, 0.29) is 5.91 Å². The Hall–Kier alpha value is -1.43. The first-order valence-electron chi connectivity index (χ1n) is 7.65. The summed E-state index contributed by atoms with van der Waals surface area (Å²) in [5.41, 5.74) is 1.10. The predicted molar refractivity (Wildman–Crippen MR) is 77.8 cm³/mol. The molecule has 5 nitrogen and oxygen atoms in total. The predicted octanol–water partition coefficient (Wildman–Crippen LogP) is 1.52. The second kappa shape index (κ2) is 6.13. The van der Waals surface area contributed by atoms with Gasteiger partial charge in [0.05, 0.1) is 5.69 Å². The largest absolute Gasteiger partial charge is 0.550 e. The maximum Gasteiger partial charge on any atom is 0.229 e. The Morgan fingerprint density at radius 2 is 1.81 bits per heavy atom. The van der Waals surface area contributed by atoms with E-state index in [4.69, 9.17) is 0 Å². The zero-order chi connectivity index (χ0) is 14.8. The van der Waals surface area contributed by atoms with Crippen LogP contribution in [0.1, 0.15) is 49.1 Å². The number of aliphatic carboxylic acids is 1. The molecule has 1 aromatic heterocycles. The lowest BCUT2D eigenvalue weighted by Crippen LogP contribution is -2.42. The molecule has 1 fully saturated rings. The number of nitrogens with zero attached hydrogens (tertiary/aromatic N) is 1. The molecule has 2 aliphatic carbocycles. The summed E-state index contributed by atoms with van der Waals surface area (Å²) in [4.78, 5) is 29.3. The molecule has 3 rings (SSSR count). The Balaban J connectivity index is 1.70. The van der Waals surface area contributed by atoms with Crippen molar-refractivity contribution in [3.63, 3.8) is 0 Å². The van der Waals surface area contributed by atoms with E-state index in [1.807, 2.05) is 0 Å². The number of amides is 1. The molecule has 21 heavy (non-hydrogen) atoms. The topological polar surface area (TPSA) is 82.1 Å². The average Bonchev–Trinajstić information content (AvgIpc) is 2.89. The van der Waals surface area contributed by atoms with E-state index >= 15 is 0 Å². The van der Waals surface area contributed by atoms with Crippen LogP contribution in [-0.4, -0.2) is 16.9 Å². The number of carbonyl (C=O) groups is 2. The number of carboxylic acids is 1. The maximum absolute atomic E-state index is 12.4. The number of carbonyl (C=O) groups excluding carboxylic acids is 2. The van der Waals surface area contributed by atoms with Crippen LogP contribution in [0.15, 0.2) is 0 Å². The molecule has 2 aliphatic rings. The van der Waals surface area contributed by atoms with Gasteiger partial charge in [0.25, 0.3) is 0 Å². The van der Waals surface area contributed by atoms with Crippen LogP contribution in [0.3, 0.4) is 0 Å². The number of rotatable bonds is 3. The van der Waals surface area contributed by atoms with Crippen LogP contribution >= 0.6 is 11.3 Å². The van der Waals surface area contributed by atoms with Gasteiger partial charge in [-0.2, -0.15) is 0 Å². The molecule has 0 saturated heterocycles. The molecule has 0 aliphatic heterocycles. The molecule has 6 heteroatoms. The molecule has 0 aromatic carbocycles. The van der Waals surface area contributed by atoms with Crippen molar-refractivity contribution in [1.82, 2.24) is 4.98 Å². The molecule has 114 valence electrons. The smallest absolute Gasteiger partial charge is 0.229 e. The fourth-order valence-electron chi connectivity index (χ4n) is 3.33. The van der Waals surface area contributed by atoms with Crippen LogP contribution in [-0.2, 0) is 22.4 Å². The number of hydrogen-bond donors (Lipinski definition) is 1. The number of thiazole rings is 1. The highest BCUT2D eigenvalue weighted by Gasteiger charge is 2.32. The molecule has 1 amide bonds. The summed E-state index contributed by atoms with van der Waals surface area (Å²) in [6.45, 7) is 0. The standard InChI is InChI=1S/C15H20N2O3S/c18-13(9-5-1-2-6-10(9)14(19)20)17-15-16-11-7-3-4-8-12(11)21-15/h9-10H,1-8H2,(H,19,20)(H,16,17,18)/p-1/t9-,10+/m1/s1. The molecule has 2 atom stereocenters. The third kappa shape index (κ3) is 3.10. The van der Waals surface area contributed by atoms with Crippen molar-refractivity contribution in [2.75, 3.05) is 5.32 Å². The minimum absolute atomic E-state index is 0.213. The first-order chi connectivity index (χ1) is 10.1. The van der Waals surface area contributed by atoms with Gasteiger partial charge < -0.3 is 15.2 Å². The second-order valence-electron chi connectivity index (χ2n) is 5.90. The van der Waals surface area contributed by atoms with Crippen LogP contribution in [0.4, 0.5) is 5.13 Å². The Bertz CT molecular complexity index is 532. The monoisotopic (exact) mass is 307 g/mol. The lowest BCUT2D eigenvalue weighted by atomic mass is 9.79. The van der Waals surface area contributed by atoms with Crippen molar-refractivity contribution in [3.8, 4) is 0 Å². The van der Waals surface area contributed by atoms with Crippen molar-refractivity contribution in [1.29, 1.82) is 0 Å². The lowest BCUT2D eigenvalue weighted by molar-refractivity contribution is -0.313. The third-order valence-electron chi connectivity index (χ3n) is 4.48. The van der Waals surface area contributed by atoms with Crippen molar-refractivity contribution in [3.05, 3.63) is 10.6 Å². The quantitative estimate of drug-likeness (QED) is 0.918. The lowest BCUT2D eigenvalue weighted by Gasteiger charge is -2.30. The highest BCUT2D eigenvalue weighted by atomic mass is 32.1. The molecular weight excluding hydrogens is 288 g/mol. The Labute approximate surface area is 127 Å². The molecular formula is C15H19N2O3S-.